The number of halogens is 1. The average Bonchev–Trinajstić information content (AvgIpc) is 3.22. The summed E-state index contributed by atoms with van der Waals surface area (Å²) in [4.78, 5) is 6.84. The van der Waals surface area contributed by atoms with Gasteiger partial charge >= 0.3 is 0 Å². The standard InChI is InChI=1S/C18H22N6O.ClH/c1-12-10-13(2)24(21-12)15-6-4-14(5-7-15)18-20-17(22-25-18)16-11-19-8-9-23(16)3;/h4-7,10,16,19H,8-9,11H2,1-3H3;1H. The molecule has 0 bridgehead atoms. The summed E-state index contributed by atoms with van der Waals surface area (Å²) < 4.78 is 7.42. The van der Waals surface area contributed by atoms with Crippen LogP contribution in [0.15, 0.2) is 34.9 Å². The molecule has 1 fully saturated rings. The molecule has 0 aliphatic carbocycles. The van der Waals surface area contributed by atoms with Crippen molar-refractivity contribution in [2.24, 2.45) is 0 Å². The predicted octanol–water partition coefficient (Wildman–Crippen LogP) is 2.54. The van der Waals surface area contributed by atoms with Gasteiger partial charge < -0.3 is 9.84 Å². The molecule has 1 aromatic carbocycles. The summed E-state index contributed by atoms with van der Waals surface area (Å²) >= 11 is 0. The topological polar surface area (TPSA) is 72.0 Å². The summed E-state index contributed by atoms with van der Waals surface area (Å²) in [5.74, 6) is 1.28. The predicted molar refractivity (Wildman–Crippen MR) is 102 cm³/mol. The van der Waals surface area contributed by atoms with Crippen molar-refractivity contribution in [3.05, 3.63) is 47.5 Å². The Hall–Kier alpha value is -2.22. The zero-order chi connectivity index (χ0) is 17.4. The molecule has 0 radical (unpaired) electrons. The molecule has 7 nitrogen and oxygen atoms in total. The Morgan fingerprint density at radius 1 is 1.19 bits per heavy atom. The van der Waals surface area contributed by atoms with Crippen molar-refractivity contribution in [3.63, 3.8) is 0 Å². The van der Waals surface area contributed by atoms with Crippen molar-refractivity contribution in [1.29, 1.82) is 0 Å². The van der Waals surface area contributed by atoms with E-state index < -0.39 is 0 Å². The maximum atomic E-state index is 5.49. The van der Waals surface area contributed by atoms with E-state index in [1.807, 2.05) is 42.8 Å². The van der Waals surface area contributed by atoms with Gasteiger partial charge in [0.15, 0.2) is 5.82 Å². The fourth-order valence-electron chi connectivity index (χ4n) is 3.22. The molecule has 1 saturated heterocycles. The van der Waals surface area contributed by atoms with Crippen LogP contribution in [0, 0.1) is 13.8 Å². The Morgan fingerprint density at radius 3 is 2.62 bits per heavy atom. The van der Waals surface area contributed by atoms with Gasteiger partial charge in [0.05, 0.1) is 17.4 Å². The van der Waals surface area contributed by atoms with E-state index in [9.17, 15) is 0 Å². The number of piperazine rings is 1. The maximum absolute atomic E-state index is 5.49. The monoisotopic (exact) mass is 374 g/mol. The second kappa shape index (κ2) is 7.57. The number of aromatic nitrogens is 4. The minimum Gasteiger partial charge on any atom is -0.334 e. The van der Waals surface area contributed by atoms with E-state index in [4.69, 9.17) is 4.52 Å². The second-order valence-corrected chi connectivity index (χ2v) is 6.54. The zero-order valence-electron chi connectivity index (χ0n) is 15.1. The van der Waals surface area contributed by atoms with Crippen LogP contribution in [-0.4, -0.2) is 51.5 Å². The van der Waals surface area contributed by atoms with E-state index in [0.717, 1.165) is 48.1 Å². The van der Waals surface area contributed by atoms with E-state index in [-0.39, 0.29) is 18.4 Å². The van der Waals surface area contributed by atoms with Gasteiger partial charge in [-0.15, -0.1) is 12.4 Å². The second-order valence-electron chi connectivity index (χ2n) is 6.54. The normalized spacial score (nSPS) is 17.9. The molecule has 3 aromatic rings. The van der Waals surface area contributed by atoms with Gasteiger partial charge in [-0.25, -0.2) is 4.68 Å². The molecular formula is C18H23ClN6O. The maximum Gasteiger partial charge on any atom is 0.257 e. The first-order valence-corrected chi connectivity index (χ1v) is 8.50. The van der Waals surface area contributed by atoms with Crippen molar-refractivity contribution in [2.75, 3.05) is 26.7 Å². The molecule has 4 rings (SSSR count). The molecule has 0 saturated carbocycles. The van der Waals surface area contributed by atoms with E-state index >= 15 is 0 Å². The van der Waals surface area contributed by atoms with E-state index in [0.29, 0.717) is 5.89 Å². The van der Waals surface area contributed by atoms with Gasteiger partial charge in [0.1, 0.15) is 0 Å². The summed E-state index contributed by atoms with van der Waals surface area (Å²) in [6.07, 6.45) is 0. The highest BCUT2D eigenvalue weighted by Gasteiger charge is 2.25. The van der Waals surface area contributed by atoms with Gasteiger partial charge in [-0.3, -0.25) is 4.90 Å². The number of aryl methyl sites for hydroxylation is 2. The highest BCUT2D eigenvalue weighted by molar-refractivity contribution is 5.85. The molecule has 0 amide bonds. The van der Waals surface area contributed by atoms with Gasteiger partial charge in [0, 0.05) is 30.9 Å². The lowest BCUT2D eigenvalue weighted by molar-refractivity contribution is 0.190. The van der Waals surface area contributed by atoms with Gasteiger partial charge in [-0.2, -0.15) is 10.1 Å². The molecule has 1 N–H and O–H groups in total. The first-order chi connectivity index (χ1) is 12.1. The number of benzene rings is 1. The third-order valence-corrected chi connectivity index (χ3v) is 4.62. The first kappa shape index (κ1) is 18.6. The number of nitrogens with zero attached hydrogens (tertiary/aromatic N) is 5. The Balaban J connectivity index is 0.00000196. The summed E-state index contributed by atoms with van der Waals surface area (Å²) in [6, 6.07) is 10.2. The minimum absolute atomic E-state index is 0. The van der Waals surface area contributed by atoms with E-state index in [1.54, 1.807) is 0 Å². The van der Waals surface area contributed by atoms with Crippen LogP contribution in [0.2, 0.25) is 0 Å². The van der Waals surface area contributed by atoms with Gasteiger partial charge in [0.25, 0.3) is 5.89 Å². The van der Waals surface area contributed by atoms with Gasteiger partial charge in [-0.1, -0.05) is 5.16 Å². The minimum atomic E-state index is 0. The SMILES string of the molecule is Cc1cc(C)n(-c2ccc(-c3nc(C4CNCCN4C)no3)cc2)n1.Cl. The molecular weight excluding hydrogens is 352 g/mol. The van der Waals surface area contributed by atoms with Crippen LogP contribution in [-0.2, 0) is 0 Å². The molecule has 138 valence electrons. The molecule has 2 aromatic heterocycles. The molecule has 3 heterocycles. The van der Waals surface area contributed by atoms with Crippen molar-refractivity contribution in [1.82, 2.24) is 30.1 Å². The summed E-state index contributed by atoms with van der Waals surface area (Å²) in [6.45, 7) is 6.85. The Bertz CT molecular complexity index is 872. The highest BCUT2D eigenvalue weighted by atomic mass is 35.5. The number of rotatable bonds is 3. The Morgan fingerprint density at radius 2 is 1.96 bits per heavy atom. The van der Waals surface area contributed by atoms with Crippen LogP contribution in [0.5, 0.6) is 0 Å². The van der Waals surface area contributed by atoms with Crippen LogP contribution in [0.4, 0.5) is 0 Å². The average molecular weight is 375 g/mol. The highest BCUT2D eigenvalue weighted by Crippen LogP contribution is 2.24. The van der Waals surface area contributed by atoms with Crippen LogP contribution >= 0.6 is 12.4 Å². The lowest BCUT2D eigenvalue weighted by Crippen LogP contribution is -2.44. The lowest BCUT2D eigenvalue weighted by Gasteiger charge is -2.30. The quantitative estimate of drug-likeness (QED) is 0.759. The van der Waals surface area contributed by atoms with Crippen molar-refractivity contribution in [2.45, 2.75) is 19.9 Å². The fourth-order valence-corrected chi connectivity index (χ4v) is 3.22. The molecule has 26 heavy (non-hydrogen) atoms. The molecule has 1 aliphatic heterocycles. The van der Waals surface area contributed by atoms with Gasteiger partial charge in [-0.05, 0) is 51.2 Å². The van der Waals surface area contributed by atoms with Gasteiger partial charge in [0.2, 0.25) is 0 Å². The van der Waals surface area contributed by atoms with E-state index in [2.05, 4.69) is 38.6 Å². The molecule has 1 aliphatic rings. The van der Waals surface area contributed by atoms with Crippen LogP contribution in [0.1, 0.15) is 23.3 Å². The van der Waals surface area contributed by atoms with Crippen LogP contribution in [0.25, 0.3) is 17.1 Å². The summed E-state index contributed by atoms with van der Waals surface area (Å²) in [7, 11) is 2.09. The Kier molecular flexibility index (Phi) is 5.41. The molecule has 1 atom stereocenters. The molecule has 0 spiro atoms. The van der Waals surface area contributed by atoms with Crippen molar-refractivity contribution >= 4 is 12.4 Å². The number of nitrogens with one attached hydrogen (secondary N) is 1. The zero-order valence-corrected chi connectivity index (χ0v) is 16.0. The number of hydrogen-bond donors (Lipinski definition) is 1. The van der Waals surface area contributed by atoms with Crippen molar-refractivity contribution in [3.8, 4) is 17.1 Å². The lowest BCUT2D eigenvalue weighted by atomic mass is 10.2. The largest absolute Gasteiger partial charge is 0.334 e. The number of hydrogen-bond acceptors (Lipinski definition) is 6. The van der Waals surface area contributed by atoms with Crippen LogP contribution < -0.4 is 5.32 Å². The Labute approximate surface area is 158 Å². The van der Waals surface area contributed by atoms with E-state index in [1.165, 1.54) is 0 Å². The molecule has 8 heteroatoms. The first-order valence-electron chi connectivity index (χ1n) is 8.50. The summed E-state index contributed by atoms with van der Waals surface area (Å²) in [5, 5.41) is 12.1. The third-order valence-electron chi connectivity index (χ3n) is 4.62. The smallest absolute Gasteiger partial charge is 0.257 e. The number of likely N-dealkylation sites (N-methyl/N-ethyl adjacent to an activating group) is 1. The molecule has 1 unspecified atom stereocenters. The fraction of sp³-hybridized carbons (Fsp3) is 0.389. The summed E-state index contributed by atoms with van der Waals surface area (Å²) in [5.41, 5.74) is 4.05. The van der Waals surface area contributed by atoms with Crippen LogP contribution in [0.3, 0.4) is 0 Å². The van der Waals surface area contributed by atoms with Crippen molar-refractivity contribution < 1.29 is 4.52 Å². The third kappa shape index (κ3) is 3.51.